The van der Waals surface area contributed by atoms with Gasteiger partial charge in [0.05, 0.1) is 6.61 Å². The summed E-state index contributed by atoms with van der Waals surface area (Å²) in [5.74, 6) is 0.755. The number of hydrogen-bond acceptors (Lipinski definition) is 4. The number of nitrogens with one attached hydrogen (secondary N) is 1. The second kappa shape index (κ2) is 9.32. The van der Waals surface area contributed by atoms with Gasteiger partial charge < -0.3 is 15.0 Å². The normalized spacial score (nSPS) is 22.8. The molecule has 112 valence electrons. The van der Waals surface area contributed by atoms with Gasteiger partial charge in [0.15, 0.2) is 0 Å². The van der Waals surface area contributed by atoms with E-state index in [9.17, 15) is 4.79 Å². The highest BCUT2D eigenvalue weighted by atomic mass is 16.5. The molecule has 1 aliphatic heterocycles. The lowest BCUT2D eigenvalue weighted by molar-refractivity contribution is -0.146. The molecule has 4 heteroatoms. The first-order valence-corrected chi connectivity index (χ1v) is 7.83. The molecule has 2 unspecified atom stereocenters. The average Bonchev–Trinajstić information content (AvgIpc) is 2.63. The van der Waals surface area contributed by atoms with E-state index in [0.717, 1.165) is 32.1 Å². The SMILES string of the molecule is CCNC(CN1CCCC(CC)CC1)C(=O)OCC. The Labute approximate surface area is 117 Å². The van der Waals surface area contributed by atoms with Gasteiger partial charge in [-0.05, 0) is 51.7 Å². The lowest BCUT2D eigenvalue weighted by Crippen LogP contribution is -2.47. The number of ether oxygens (including phenoxy) is 1. The molecule has 0 bridgehead atoms. The van der Waals surface area contributed by atoms with Gasteiger partial charge in [-0.15, -0.1) is 0 Å². The maximum Gasteiger partial charge on any atom is 0.324 e. The fraction of sp³-hybridized carbons (Fsp3) is 0.933. The lowest BCUT2D eigenvalue weighted by atomic mass is 9.98. The quantitative estimate of drug-likeness (QED) is 0.719. The molecule has 1 heterocycles. The Morgan fingerprint density at radius 1 is 1.32 bits per heavy atom. The van der Waals surface area contributed by atoms with Gasteiger partial charge >= 0.3 is 5.97 Å². The highest BCUT2D eigenvalue weighted by Gasteiger charge is 2.23. The van der Waals surface area contributed by atoms with E-state index in [4.69, 9.17) is 4.74 Å². The summed E-state index contributed by atoms with van der Waals surface area (Å²) < 4.78 is 5.14. The summed E-state index contributed by atoms with van der Waals surface area (Å²) in [5, 5.41) is 3.24. The van der Waals surface area contributed by atoms with Crippen molar-refractivity contribution in [3.05, 3.63) is 0 Å². The van der Waals surface area contributed by atoms with E-state index in [2.05, 4.69) is 17.1 Å². The fourth-order valence-electron chi connectivity index (χ4n) is 2.79. The summed E-state index contributed by atoms with van der Waals surface area (Å²) in [7, 11) is 0. The van der Waals surface area contributed by atoms with Crippen LogP contribution in [0.5, 0.6) is 0 Å². The van der Waals surface area contributed by atoms with Gasteiger partial charge in [0.2, 0.25) is 0 Å². The van der Waals surface area contributed by atoms with Crippen molar-refractivity contribution < 1.29 is 9.53 Å². The predicted molar refractivity (Wildman–Crippen MR) is 78.2 cm³/mol. The fourth-order valence-corrected chi connectivity index (χ4v) is 2.79. The van der Waals surface area contributed by atoms with Gasteiger partial charge in [0, 0.05) is 6.54 Å². The minimum Gasteiger partial charge on any atom is -0.465 e. The number of carbonyl (C=O) groups excluding carboxylic acids is 1. The van der Waals surface area contributed by atoms with Crippen molar-refractivity contribution in [3.63, 3.8) is 0 Å². The van der Waals surface area contributed by atoms with Crippen LogP contribution < -0.4 is 5.32 Å². The molecule has 0 aliphatic carbocycles. The van der Waals surface area contributed by atoms with Crippen LogP contribution in [0, 0.1) is 5.92 Å². The molecule has 0 aromatic rings. The summed E-state index contributed by atoms with van der Waals surface area (Å²) >= 11 is 0. The van der Waals surface area contributed by atoms with Crippen LogP contribution >= 0.6 is 0 Å². The van der Waals surface area contributed by atoms with E-state index < -0.39 is 0 Å². The van der Waals surface area contributed by atoms with Crippen molar-refractivity contribution in [1.82, 2.24) is 10.2 Å². The average molecular weight is 270 g/mol. The van der Waals surface area contributed by atoms with Crippen LogP contribution in [-0.2, 0) is 9.53 Å². The third-order valence-electron chi connectivity index (χ3n) is 3.98. The van der Waals surface area contributed by atoms with E-state index in [1.807, 2.05) is 13.8 Å². The molecule has 0 aromatic heterocycles. The summed E-state index contributed by atoms with van der Waals surface area (Å²) in [6.45, 7) is 10.4. The molecule has 1 fully saturated rings. The molecule has 0 spiro atoms. The molecule has 1 saturated heterocycles. The van der Waals surface area contributed by atoms with E-state index in [1.54, 1.807) is 0 Å². The first kappa shape index (κ1) is 16.4. The van der Waals surface area contributed by atoms with E-state index >= 15 is 0 Å². The second-order valence-corrected chi connectivity index (χ2v) is 5.37. The Hall–Kier alpha value is -0.610. The van der Waals surface area contributed by atoms with Crippen LogP contribution in [0.25, 0.3) is 0 Å². The minimum absolute atomic E-state index is 0.111. The highest BCUT2D eigenvalue weighted by Crippen LogP contribution is 2.20. The molecule has 4 nitrogen and oxygen atoms in total. The van der Waals surface area contributed by atoms with Gasteiger partial charge in [-0.2, -0.15) is 0 Å². The summed E-state index contributed by atoms with van der Waals surface area (Å²) in [4.78, 5) is 14.3. The van der Waals surface area contributed by atoms with Crippen LogP contribution in [0.4, 0.5) is 0 Å². The van der Waals surface area contributed by atoms with Gasteiger partial charge in [-0.25, -0.2) is 0 Å². The smallest absolute Gasteiger partial charge is 0.324 e. The number of rotatable bonds is 7. The molecule has 19 heavy (non-hydrogen) atoms. The zero-order valence-electron chi connectivity index (χ0n) is 12.8. The van der Waals surface area contributed by atoms with Gasteiger partial charge in [0.25, 0.3) is 0 Å². The van der Waals surface area contributed by atoms with Crippen LogP contribution in [0.15, 0.2) is 0 Å². The number of esters is 1. The van der Waals surface area contributed by atoms with Crippen LogP contribution in [-0.4, -0.2) is 49.7 Å². The van der Waals surface area contributed by atoms with Crippen LogP contribution in [0.1, 0.15) is 46.5 Å². The molecule has 2 atom stereocenters. The summed E-state index contributed by atoms with van der Waals surface area (Å²) in [6, 6.07) is -0.178. The lowest BCUT2D eigenvalue weighted by Gasteiger charge is -2.25. The monoisotopic (exact) mass is 270 g/mol. The van der Waals surface area contributed by atoms with E-state index in [-0.39, 0.29) is 12.0 Å². The largest absolute Gasteiger partial charge is 0.465 e. The van der Waals surface area contributed by atoms with E-state index in [0.29, 0.717) is 6.61 Å². The Morgan fingerprint density at radius 2 is 2.11 bits per heavy atom. The molecule has 0 aromatic carbocycles. The van der Waals surface area contributed by atoms with Crippen LogP contribution in [0.2, 0.25) is 0 Å². The molecule has 0 amide bonds. The number of likely N-dealkylation sites (N-methyl/N-ethyl adjacent to an activating group) is 1. The van der Waals surface area contributed by atoms with Gasteiger partial charge in [-0.3, -0.25) is 4.79 Å². The summed E-state index contributed by atoms with van der Waals surface area (Å²) in [6.07, 6.45) is 5.12. The zero-order valence-corrected chi connectivity index (χ0v) is 12.8. The van der Waals surface area contributed by atoms with Crippen LogP contribution in [0.3, 0.4) is 0 Å². The van der Waals surface area contributed by atoms with Crippen molar-refractivity contribution in [3.8, 4) is 0 Å². The number of carbonyl (C=O) groups is 1. The molecule has 1 N–H and O–H groups in total. The maximum absolute atomic E-state index is 11.9. The zero-order chi connectivity index (χ0) is 14.1. The molecular weight excluding hydrogens is 240 g/mol. The van der Waals surface area contributed by atoms with Gasteiger partial charge in [-0.1, -0.05) is 20.3 Å². The van der Waals surface area contributed by atoms with Crippen molar-refractivity contribution in [2.24, 2.45) is 5.92 Å². The minimum atomic E-state index is -0.178. The molecule has 0 saturated carbocycles. The Balaban J connectivity index is 2.46. The number of likely N-dealkylation sites (tertiary alicyclic amines) is 1. The maximum atomic E-state index is 11.9. The van der Waals surface area contributed by atoms with Crippen molar-refractivity contribution in [2.75, 3.05) is 32.8 Å². The van der Waals surface area contributed by atoms with Crippen molar-refractivity contribution in [1.29, 1.82) is 0 Å². The third-order valence-corrected chi connectivity index (χ3v) is 3.98. The Kier molecular flexibility index (Phi) is 8.07. The second-order valence-electron chi connectivity index (χ2n) is 5.37. The van der Waals surface area contributed by atoms with Crippen molar-refractivity contribution in [2.45, 2.75) is 52.5 Å². The number of hydrogen-bond donors (Lipinski definition) is 1. The highest BCUT2D eigenvalue weighted by molar-refractivity contribution is 5.76. The molecule has 1 aliphatic rings. The van der Waals surface area contributed by atoms with Gasteiger partial charge in [0.1, 0.15) is 6.04 Å². The van der Waals surface area contributed by atoms with E-state index in [1.165, 1.54) is 25.7 Å². The first-order chi connectivity index (χ1) is 9.21. The Bertz CT molecular complexity index is 259. The van der Waals surface area contributed by atoms with Crippen molar-refractivity contribution >= 4 is 5.97 Å². The summed E-state index contributed by atoms with van der Waals surface area (Å²) in [5.41, 5.74) is 0. The molecule has 0 radical (unpaired) electrons. The predicted octanol–water partition coefficient (Wildman–Crippen LogP) is 2.04. The third kappa shape index (κ3) is 5.91. The standard InChI is InChI=1S/C15H30N2O2/c1-4-13-8-7-10-17(11-9-13)12-14(16-5-2)15(18)19-6-3/h13-14,16H,4-12H2,1-3H3. The topological polar surface area (TPSA) is 41.6 Å². The molecular formula is C15H30N2O2. The Morgan fingerprint density at radius 3 is 2.74 bits per heavy atom. The first-order valence-electron chi connectivity index (χ1n) is 7.83. The molecule has 1 rings (SSSR count). The number of nitrogens with zero attached hydrogens (tertiary/aromatic N) is 1.